The molecule has 0 atom stereocenters. The molecule has 2 aliphatic carbocycles. The fraction of sp³-hybridized carbons (Fsp3) is 0.0789. The number of anilines is 6. The maximum absolute atomic E-state index is 4.60. The quantitative estimate of drug-likeness (QED) is 0.127. The first-order valence-electron chi connectivity index (χ1n) is 28.1. The van der Waals surface area contributed by atoms with Crippen LogP contribution in [0.5, 0.6) is 0 Å². The molecule has 0 fully saturated rings. The van der Waals surface area contributed by atoms with Crippen molar-refractivity contribution < 1.29 is 0 Å². The Balaban J connectivity index is 0.956. The summed E-state index contributed by atoms with van der Waals surface area (Å²) in [5, 5.41) is 4.50. The molecule has 0 aliphatic heterocycles. The molecule has 13 aromatic rings. The smallest absolute Gasteiger partial charge is 0.0645 e. The summed E-state index contributed by atoms with van der Waals surface area (Å²) >= 11 is 0. The number of aromatic nitrogens is 4. The second-order valence-corrected chi connectivity index (χ2v) is 22.7. The summed E-state index contributed by atoms with van der Waals surface area (Å²) in [6, 6.07) is 80.5. The minimum atomic E-state index is -0.104. The molecule has 390 valence electrons. The predicted octanol–water partition coefficient (Wildman–Crippen LogP) is 19.8. The summed E-state index contributed by atoms with van der Waals surface area (Å²) < 4.78 is 0. The number of nitrogens with zero attached hydrogens (tertiary/aromatic N) is 6. The predicted molar refractivity (Wildman–Crippen MR) is 339 cm³/mol. The van der Waals surface area contributed by atoms with Gasteiger partial charge in [-0.1, -0.05) is 161 Å². The zero-order valence-electron chi connectivity index (χ0n) is 46.1. The van der Waals surface area contributed by atoms with E-state index in [-0.39, 0.29) is 10.8 Å². The molecule has 4 aromatic heterocycles. The Kier molecular flexibility index (Phi) is 11.4. The Morgan fingerprint density at radius 2 is 0.585 bits per heavy atom. The zero-order chi connectivity index (χ0) is 55.1. The van der Waals surface area contributed by atoms with Crippen molar-refractivity contribution >= 4 is 55.7 Å². The molecule has 0 radical (unpaired) electrons. The minimum absolute atomic E-state index is 0.104. The Labute approximate surface area is 478 Å². The molecule has 0 spiro atoms. The van der Waals surface area contributed by atoms with Crippen molar-refractivity contribution in [2.45, 2.75) is 38.5 Å². The maximum atomic E-state index is 4.60. The van der Waals surface area contributed by atoms with Crippen LogP contribution < -0.4 is 9.80 Å². The van der Waals surface area contributed by atoms with Crippen LogP contribution >= 0.6 is 0 Å². The van der Waals surface area contributed by atoms with Crippen LogP contribution in [-0.2, 0) is 10.8 Å². The van der Waals surface area contributed by atoms with E-state index in [0.717, 1.165) is 77.9 Å². The standard InChI is InChI=1S/C76H56N6/c1-75(2)69-19-7-5-17-61(69)63-33-29-53(41-71(63)75)49-21-25-51(26-22-49)73-65-35-31-56(82(59-15-11-39-79-47-59)60-16-12-40-80-48-60)44-68(65)74(66-36-32-55(43-67(66)73)81(57-13-9-37-77-45-57)58-14-10-38-78-46-58)52-27-23-50(24-28-52)54-30-34-64-62-18-6-8-20-70(62)76(3,4)72(64)42-54/h5-48H,1-4H3. The third kappa shape index (κ3) is 7.93. The molecule has 15 rings (SSSR count). The molecule has 0 unspecified atom stereocenters. The van der Waals surface area contributed by atoms with Crippen LogP contribution in [0.25, 0.3) is 88.3 Å². The topological polar surface area (TPSA) is 58.0 Å². The van der Waals surface area contributed by atoms with Gasteiger partial charge in [-0.2, -0.15) is 0 Å². The molecule has 0 amide bonds. The fourth-order valence-electron chi connectivity index (χ4n) is 13.4. The molecule has 82 heavy (non-hydrogen) atoms. The van der Waals surface area contributed by atoms with E-state index in [4.69, 9.17) is 0 Å². The lowest BCUT2D eigenvalue weighted by Crippen LogP contribution is -2.14. The van der Waals surface area contributed by atoms with E-state index in [1.165, 1.54) is 66.8 Å². The van der Waals surface area contributed by atoms with Gasteiger partial charge < -0.3 is 9.80 Å². The number of hydrogen-bond acceptors (Lipinski definition) is 6. The Morgan fingerprint density at radius 1 is 0.256 bits per heavy atom. The maximum Gasteiger partial charge on any atom is 0.0645 e. The largest absolute Gasteiger partial charge is 0.307 e. The first-order valence-corrected chi connectivity index (χ1v) is 28.1. The summed E-state index contributed by atoms with van der Waals surface area (Å²) in [6.45, 7) is 9.40. The summed E-state index contributed by atoms with van der Waals surface area (Å²) in [5.41, 5.74) is 25.6. The second-order valence-electron chi connectivity index (χ2n) is 22.7. The van der Waals surface area contributed by atoms with E-state index in [9.17, 15) is 0 Å². The van der Waals surface area contributed by atoms with Gasteiger partial charge in [0.1, 0.15) is 0 Å². The van der Waals surface area contributed by atoms with Gasteiger partial charge in [0, 0.05) is 47.0 Å². The van der Waals surface area contributed by atoms with Gasteiger partial charge in [0.25, 0.3) is 0 Å². The van der Waals surface area contributed by atoms with E-state index in [1.54, 1.807) is 0 Å². The van der Waals surface area contributed by atoms with Crippen molar-refractivity contribution in [3.05, 3.63) is 290 Å². The summed E-state index contributed by atoms with van der Waals surface area (Å²) in [5.74, 6) is 0. The molecule has 0 saturated heterocycles. The normalized spacial score (nSPS) is 13.3. The number of hydrogen-bond donors (Lipinski definition) is 0. The van der Waals surface area contributed by atoms with Crippen LogP contribution in [0, 0.1) is 0 Å². The van der Waals surface area contributed by atoms with Crippen molar-refractivity contribution in [2.24, 2.45) is 0 Å². The first-order chi connectivity index (χ1) is 40.2. The lowest BCUT2D eigenvalue weighted by atomic mass is 9.81. The zero-order valence-corrected chi connectivity index (χ0v) is 46.1. The van der Waals surface area contributed by atoms with Crippen molar-refractivity contribution in [3.63, 3.8) is 0 Å². The molecular weight excluding hydrogens is 997 g/mol. The Bertz CT molecular complexity index is 4220. The number of fused-ring (bicyclic) bond motifs is 8. The van der Waals surface area contributed by atoms with Crippen molar-refractivity contribution in [3.8, 4) is 66.8 Å². The van der Waals surface area contributed by atoms with Crippen LogP contribution in [0.1, 0.15) is 49.9 Å². The molecule has 2 aliphatic rings. The molecule has 6 nitrogen and oxygen atoms in total. The Morgan fingerprint density at radius 3 is 0.939 bits per heavy atom. The van der Waals surface area contributed by atoms with Gasteiger partial charge in [-0.3, -0.25) is 19.9 Å². The van der Waals surface area contributed by atoms with Crippen molar-refractivity contribution in [1.82, 2.24) is 19.9 Å². The highest BCUT2D eigenvalue weighted by molar-refractivity contribution is 6.23. The van der Waals surface area contributed by atoms with E-state index in [0.29, 0.717) is 0 Å². The average Bonchev–Trinajstić information content (AvgIpc) is 3.07. The molecule has 0 saturated carbocycles. The van der Waals surface area contributed by atoms with Gasteiger partial charge in [0.05, 0.1) is 47.5 Å². The fourth-order valence-corrected chi connectivity index (χ4v) is 13.4. The number of rotatable bonds is 10. The monoisotopic (exact) mass is 1050 g/mol. The Hall–Kier alpha value is -10.3. The molecule has 0 bridgehead atoms. The third-order valence-corrected chi connectivity index (χ3v) is 17.4. The first kappa shape index (κ1) is 48.8. The highest BCUT2D eigenvalue weighted by Gasteiger charge is 2.37. The minimum Gasteiger partial charge on any atom is -0.307 e. The van der Waals surface area contributed by atoms with E-state index in [1.807, 2.05) is 73.8 Å². The summed E-state index contributed by atoms with van der Waals surface area (Å²) in [6.07, 6.45) is 15.0. The molecule has 6 heteroatoms. The van der Waals surface area contributed by atoms with E-state index < -0.39 is 0 Å². The molecule has 0 N–H and O–H groups in total. The van der Waals surface area contributed by atoms with E-state index in [2.05, 4.69) is 252 Å². The van der Waals surface area contributed by atoms with Crippen LogP contribution in [0.2, 0.25) is 0 Å². The van der Waals surface area contributed by atoms with Crippen LogP contribution in [-0.4, -0.2) is 19.9 Å². The van der Waals surface area contributed by atoms with Gasteiger partial charge in [0.15, 0.2) is 0 Å². The SMILES string of the molecule is CC1(C)c2ccccc2-c2ccc(-c3ccc(-c4c5ccc(N(c6cccnc6)c6cccnc6)cc5c(-c5ccc(-c6ccc7c(c6)C(C)(C)c6ccccc6-7)cc5)c5ccc(N(c6cccnc6)c6cccnc6)cc45)cc3)cc21. The van der Waals surface area contributed by atoms with E-state index >= 15 is 0 Å². The van der Waals surface area contributed by atoms with Gasteiger partial charge >= 0.3 is 0 Å². The summed E-state index contributed by atoms with van der Waals surface area (Å²) in [7, 11) is 0. The van der Waals surface area contributed by atoms with Crippen molar-refractivity contribution in [1.29, 1.82) is 0 Å². The molecular formula is C76H56N6. The number of benzene rings is 9. The lowest BCUT2D eigenvalue weighted by molar-refractivity contribution is 0.660. The third-order valence-electron chi connectivity index (χ3n) is 17.4. The lowest BCUT2D eigenvalue weighted by Gasteiger charge is -2.27. The van der Waals surface area contributed by atoms with Gasteiger partial charge in [-0.05, 0) is 195 Å². The van der Waals surface area contributed by atoms with Crippen LogP contribution in [0.4, 0.5) is 34.1 Å². The molecule has 9 aromatic carbocycles. The van der Waals surface area contributed by atoms with Crippen LogP contribution in [0.15, 0.2) is 268 Å². The van der Waals surface area contributed by atoms with Crippen LogP contribution in [0.3, 0.4) is 0 Å². The average molecular weight is 1050 g/mol. The number of pyridine rings is 4. The highest BCUT2D eigenvalue weighted by atomic mass is 15.2. The van der Waals surface area contributed by atoms with Gasteiger partial charge in [-0.15, -0.1) is 0 Å². The second kappa shape index (κ2) is 19.2. The van der Waals surface area contributed by atoms with Gasteiger partial charge in [-0.25, -0.2) is 0 Å². The summed E-state index contributed by atoms with van der Waals surface area (Å²) in [4.78, 5) is 22.9. The highest BCUT2D eigenvalue weighted by Crippen LogP contribution is 2.53. The van der Waals surface area contributed by atoms with Crippen molar-refractivity contribution in [2.75, 3.05) is 9.80 Å². The molecule has 4 heterocycles. The van der Waals surface area contributed by atoms with Gasteiger partial charge in [0.2, 0.25) is 0 Å².